The predicted octanol–water partition coefficient (Wildman–Crippen LogP) is 1.65. The van der Waals surface area contributed by atoms with Gasteiger partial charge < -0.3 is 5.73 Å². The Bertz CT molecular complexity index is 341. The lowest BCUT2D eigenvalue weighted by Crippen LogP contribution is -2.07. The molecule has 0 atom stereocenters. The summed E-state index contributed by atoms with van der Waals surface area (Å²) in [5.41, 5.74) is 6.00. The lowest BCUT2D eigenvalue weighted by molar-refractivity contribution is -0.117. The molecular weight excluding hydrogens is 184 g/mol. The van der Waals surface area contributed by atoms with Crippen LogP contribution in [0.3, 0.4) is 0 Å². The Labute approximate surface area is 81.3 Å². The quantitative estimate of drug-likeness (QED) is 0.799. The van der Waals surface area contributed by atoms with Crippen molar-refractivity contribution in [1.29, 1.82) is 0 Å². The second kappa shape index (κ2) is 4.18. The number of aryl methyl sites for hydroxylation is 2. The number of rotatable bonds is 3. The van der Waals surface area contributed by atoms with E-state index in [0.29, 0.717) is 0 Å². The van der Waals surface area contributed by atoms with Gasteiger partial charge in [-0.25, -0.2) is 4.98 Å². The molecule has 4 heteroatoms. The van der Waals surface area contributed by atoms with Crippen LogP contribution < -0.4 is 5.73 Å². The van der Waals surface area contributed by atoms with Crippen molar-refractivity contribution in [2.45, 2.75) is 20.3 Å². The fourth-order valence-corrected chi connectivity index (χ4v) is 1.84. The first-order chi connectivity index (χ1) is 6.09. The molecular formula is C9H12N2OS. The van der Waals surface area contributed by atoms with Gasteiger partial charge in [-0.1, -0.05) is 6.08 Å². The number of hydrogen-bond donors (Lipinski definition) is 1. The van der Waals surface area contributed by atoms with Crippen molar-refractivity contribution >= 4 is 23.3 Å². The van der Waals surface area contributed by atoms with Gasteiger partial charge in [0.2, 0.25) is 5.91 Å². The number of aromatic nitrogens is 1. The molecule has 0 fully saturated rings. The molecule has 0 aromatic carbocycles. The first-order valence-corrected chi connectivity index (χ1v) is 4.80. The van der Waals surface area contributed by atoms with Crippen LogP contribution in [0.2, 0.25) is 0 Å². The summed E-state index contributed by atoms with van der Waals surface area (Å²) in [4.78, 5) is 15.8. The van der Waals surface area contributed by atoms with Crippen molar-refractivity contribution in [2.24, 2.45) is 5.73 Å². The molecule has 0 radical (unpaired) electrons. The van der Waals surface area contributed by atoms with Crippen LogP contribution in [-0.4, -0.2) is 10.9 Å². The zero-order valence-corrected chi connectivity index (χ0v) is 8.52. The van der Waals surface area contributed by atoms with Gasteiger partial charge in [-0.05, 0) is 19.9 Å². The molecule has 1 rings (SSSR count). The van der Waals surface area contributed by atoms with E-state index in [1.54, 1.807) is 17.4 Å². The highest BCUT2D eigenvalue weighted by Gasteiger charge is 1.99. The number of hydrogen-bond acceptors (Lipinski definition) is 3. The highest BCUT2D eigenvalue weighted by molar-refractivity contribution is 7.12. The van der Waals surface area contributed by atoms with Gasteiger partial charge in [0, 0.05) is 11.3 Å². The molecule has 1 amide bonds. The molecule has 1 heterocycles. The summed E-state index contributed by atoms with van der Waals surface area (Å²) in [7, 11) is 0. The Hall–Kier alpha value is -1.16. The lowest BCUT2D eigenvalue weighted by atomic mass is 10.3. The van der Waals surface area contributed by atoms with Crippen molar-refractivity contribution in [1.82, 2.24) is 4.98 Å². The van der Waals surface area contributed by atoms with Crippen LogP contribution in [0, 0.1) is 13.8 Å². The maximum atomic E-state index is 10.4. The molecule has 13 heavy (non-hydrogen) atoms. The highest BCUT2D eigenvalue weighted by Crippen LogP contribution is 2.18. The maximum Gasteiger partial charge on any atom is 0.221 e. The molecule has 0 saturated heterocycles. The minimum atomic E-state index is -0.310. The summed E-state index contributed by atoms with van der Waals surface area (Å²) < 4.78 is 0. The molecule has 3 nitrogen and oxygen atoms in total. The second-order valence-corrected chi connectivity index (χ2v) is 3.99. The van der Waals surface area contributed by atoms with Gasteiger partial charge in [-0.2, -0.15) is 0 Å². The van der Waals surface area contributed by atoms with E-state index in [2.05, 4.69) is 4.98 Å². The zero-order chi connectivity index (χ0) is 9.84. The third kappa shape index (κ3) is 2.99. The molecule has 2 N–H and O–H groups in total. The van der Waals surface area contributed by atoms with Gasteiger partial charge >= 0.3 is 0 Å². The SMILES string of the molecule is Cc1nc(C)c(C=CCC(N)=O)s1. The number of nitrogens with two attached hydrogens (primary N) is 1. The van der Waals surface area contributed by atoms with E-state index >= 15 is 0 Å². The van der Waals surface area contributed by atoms with E-state index in [1.165, 1.54) is 0 Å². The first-order valence-electron chi connectivity index (χ1n) is 3.98. The Morgan fingerprint density at radius 1 is 1.62 bits per heavy atom. The van der Waals surface area contributed by atoms with E-state index in [0.717, 1.165) is 15.6 Å². The predicted molar refractivity (Wildman–Crippen MR) is 54.4 cm³/mol. The van der Waals surface area contributed by atoms with Crippen molar-refractivity contribution in [3.05, 3.63) is 21.7 Å². The van der Waals surface area contributed by atoms with Crippen LogP contribution in [0.4, 0.5) is 0 Å². The summed E-state index contributed by atoms with van der Waals surface area (Å²) in [5, 5.41) is 1.04. The average molecular weight is 196 g/mol. The van der Waals surface area contributed by atoms with Crippen molar-refractivity contribution in [3.63, 3.8) is 0 Å². The van der Waals surface area contributed by atoms with E-state index in [1.807, 2.05) is 19.9 Å². The fourth-order valence-electron chi connectivity index (χ4n) is 0.984. The summed E-state index contributed by atoms with van der Waals surface area (Å²) >= 11 is 1.62. The normalized spacial score (nSPS) is 10.9. The Morgan fingerprint density at radius 2 is 2.31 bits per heavy atom. The zero-order valence-electron chi connectivity index (χ0n) is 7.70. The van der Waals surface area contributed by atoms with Crippen molar-refractivity contribution < 1.29 is 4.79 Å². The van der Waals surface area contributed by atoms with E-state index in [4.69, 9.17) is 5.73 Å². The second-order valence-electron chi connectivity index (χ2n) is 2.76. The summed E-state index contributed by atoms with van der Waals surface area (Å²) in [5.74, 6) is -0.310. The fraction of sp³-hybridized carbons (Fsp3) is 0.333. The Balaban J connectivity index is 2.68. The number of nitrogens with zero attached hydrogens (tertiary/aromatic N) is 1. The van der Waals surface area contributed by atoms with E-state index in [9.17, 15) is 4.79 Å². The number of carbonyl (C=O) groups is 1. The average Bonchev–Trinajstić information content (AvgIpc) is 2.29. The summed E-state index contributed by atoms with van der Waals surface area (Å²) in [6.45, 7) is 3.91. The third-order valence-electron chi connectivity index (χ3n) is 1.53. The monoisotopic (exact) mass is 196 g/mol. The van der Waals surface area contributed by atoms with Gasteiger partial charge in [-0.15, -0.1) is 11.3 Å². The molecule has 1 aromatic heterocycles. The number of thiazole rings is 1. The van der Waals surface area contributed by atoms with E-state index in [-0.39, 0.29) is 12.3 Å². The highest BCUT2D eigenvalue weighted by atomic mass is 32.1. The van der Waals surface area contributed by atoms with E-state index < -0.39 is 0 Å². The van der Waals surface area contributed by atoms with Gasteiger partial charge in [0.15, 0.2) is 0 Å². The number of amides is 1. The van der Waals surface area contributed by atoms with Crippen molar-refractivity contribution in [2.75, 3.05) is 0 Å². The van der Waals surface area contributed by atoms with Crippen LogP contribution in [0.5, 0.6) is 0 Å². The summed E-state index contributed by atoms with van der Waals surface area (Å²) in [6, 6.07) is 0. The van der Waals surface area contributed by atoms with Gasteiger partial charge in [-0.3, -0.25) is 4.79 Å². The number of primary amides is 1. The minimum absolute atomic E-state index is 0.288. The molecule has 1 aromatic rings. The standard InChI is InChI=1S/C9H12N2OS/c1-6-8(13-7(2)11-6)4-3-5-9(10)12/h3-4H,5H2,1-2H3,(H2,10,12). The van der Waals surface area contributed by atoms with Gasteiger partial charge in [0.05, 0.1) is 10.7 Å². The Morgan fingerprint density at radius 3 is 2.77 bits per heavy atom. The molecule has 0 aliphatic heterocycles. The lowest BCUT2D eigenvalue weighted by Gasteiger charge is -1.86. The number of carbonyl (C=O) groups excluding carboxylic acids is 1. The van der Waals surface area contributed by atoms with Crippen LogP contribution >= 0.6 is 11.3 Å². The van der Waals surface area contributed by atoms with Gasteiger partial charge in [0.1, 0.15) is 0 Å². The largest absolute Gasteiger partial charge is 0.369 e. The molecule has 70 valence electrons. The smallest absolute Gasteiger partial charge is 0.221 e. The van der Waals surface area contributed by atoms with Gasteiger partial charge in [0.25, 0.3) is 0 Å². The van der Waals surface area contributed by atoms with Crippen LogP contribution in [-0.2, 0) is 4.79 Å². The third-order valence-corrected chi connectivity index (χ3v) is 2.57. The minimum Gasteiger partial charge on any atom is -0.369 e. The molecule has 0 aliphatic carbocycles. The van der Waals surface area contributed by atoms with Crippen LogP contribution in [0.25, 0.3) is 6.08 Å². The molecule has 0 unspecified atom stereocenters. The first kappa shape index (κ1) is 9.92. The topological polar surface area (TPSA) is 56.0 Å². The molecule has 0 bridgehead atoms. The summed E-state index contributed by atoms with van der Waals surface area (Å²) in [6.07, 6.45) is 3.95. The molecule has 0 aliphatic rings. The molecule has 0 saturated carbocycles. The van der Waals surface area contributed by atoms with Crippen LogP contribution in [0.15, 0.2) is 6.08 Å². The molecule has 0 spiro atoms. The van der Waals surface area contributed by atoms with Crippen LogP contribution in [0.1, 0.15) is 22.0 Å². The van der Waals surface area contributed by atoms with Crippen molar-refractivity contribution in [3.8, 4) is 0 Å². The maximum absolute atomic E-state index is 10.4. The Kier molecular flexibility index (Phi) is 3.19.